The van der Waals surface area contributed by atoms with Crippen molar-refractivity contribution in [2.75, 3.05) is 6.54 Å². The van der Waals surface area contributed by atoms with Crippen molar-refractivity contribution in [2.45, 2.75) is 50.6 Å². The maximum Gasteiger partial charge on any atom is 0.315 e. The predicted molar refractivity (Wildman–Crippen MR) is 90.6 cm³/mol. The van der Waals surface area contributed by atoms with Gasteiger partial charge >= 0.3 is 6.03 Å². The van der Waals surface area contributed by atoms with E-state index in [1.807, 2.05) is 13.0 Å². The molecule has 0 saturated heterocycles. The summed E-state index contributed by atoms with van der Waals surface area (Å²) in [4.78, 5) is 12.3. The Balaban J connectivity index is 1.34. The summed E-state index contributed by atoms with van der Waals surface area (Å²) in [5, 5.41) is 14.5. The summed E-state index contributed by atoms with van der Waals surface area (Å²) in [6.07, 6.45) is 4.34. The van der Waals surface area contributed by atoms with Gasteiger partial charge in [0.25, 0.3) is 0 Å². The normalized spacial score (nSPS) is 18.7. The van der Waals surface area contributed by atoms with Gasteiger partial charge in [-0.05, 0) is 31.7 Å². The van der Waals surface area contributed by atoms with Crippen LogP contribution in [0.25, 0.3) is 0 Å². The second-order valence-corrected chi connectivity index (χ2v) is 6.92. The number of nitrogens with zero attached hydrogens (tertiary/aromatic N) is 3. The number of nitrogens with one attached hydrogen (secondary N) is 2. The van der Waals surface area contributed by atoms with Crippen molar-refractivity contribution in [1.82, 2.24) is 25.4 Å². The topological polar surface area (TPSA) is 71.8 Å². The van der Waals surface area contributed by atoms with E-state index < -0.39 is 0 Å². The number of fused-ring (bicyclic) bond motifs is 1. The maximum absolute atomic E-state index is 12.3. The summed E-state index contributed by atoms with van der Waals surface area (Å²) in [7, 11) is 0. The van der Waals surface area contributed by atoms with Crippen molar-refractivity contribution in [1.29, 1.82) is 0 Å². The van der Waals surface area contributed by atoms with E-state index in [1.54, 1.807) is 0 Å². The third-order valence-corrected chi connectivity index (χ3v) is 5.20. The molecule has 2 amide bonds. The van der Waals surface area contributed by atoms with Gasteiger partial charge in [-0.1, -0.05) is 30.3 Å². The number of aromatic nitrogens is 3. The van der Waals surface area contributed by atoms with Crippen LogP contribution in [0.4, 0.5) is 4.79 Å². The molecule has 2 aliphatic rings. The second kappa shape index (κ2) is 5.92. The lowest BCUT2D eigenvalue weighted by Crippen LogP contribution is -2.41. The number of benzene rings is 1. The number of rotatable bonds is 5. The van der Waals surface area contributed by atoms with Gasteiger partial charge in [-0.2, -0.15) is 0 Å². The third kappa shape index (κ3) is 2.77. The Morgan fingerprint density at radius 2 is 2.08 bits per heavy atom. The molecule has 2 heterocycles. The fraction of sp³-hybridized carbons (Fsp3) is 0.500. The number of urea groups is 1. The first-order valence-corrected chi connectivity index (χ1v) is 8.70. The molecule has 0 bridgehead atoms. The van der Waals surface area contributed by atoms with Crippen LogP contribution in [0.3, 0.4) is 0 Å². The highest BCUT2D eigenvalue weighted by Gasteiger charge is 2.44. The monoisotopic (exact) mass is 325 g/mol. The molecule has 2 aromatic rings. The number of amides is 2. The highest BCUT2D eigenvalue weighted by Crippen LogP contribution is 2.47. The van der Waals surface area contributed by atoms with Crippen LogP contribution >= 0.6 is 0 Å². The highest BCUT2D eigenvalue weighted by molar-refractivity contribution is 5.74. The Morgan fingerprint density at radius 1 is 1.29 bits per heavy atom. The average molecular weight is 325 g/mol. The van der Waals surface area contributed by atoms with E-state index >= 15 is 0 Å². The van der Waals surface area contributed by atoms with E-state index in [0.29, 0.717) is 6.54 Å². The lowest BCUT2D eigenvalue weighted by molar-refractivity contribution is 0.236. The third-order valence-electron chi connectivity index (χ3n) is 5.20. The van der Waals surface area contributed by atoms with Crippen molar-refractivity contribution in [3.8, 4) is 0 Å². The molecule has 0 radical (unpaired) electrons. The van der Waals surface area contributed by atoms with Gasteiger partial charge in [-0.15, -0.1) is 10.2 Å². The summed E-state index contributed by atoms with van der Waals surface area (Å²) >= 11 is 0. The van der Waals surface area contributed by atoms with Gasteiger partial charge in [0, 0.05) is 24.9 Å². The molecule has 1 aromatic heterocycles. The molecular weight excluding hydrogens is 302 g/mol. The van der Waals surface area contributed by atoms with Gasteiger partial charge < -0.3 is 15.2 Å². The van der Waals surface area contributed by atoms with E-state index in [2.05, 4.69) is 49.7 Å². The number of carbonyl (C=O) groups is 1. The Kier molecular flexibility index (Phi) is 3.75. The highest BCUT2D eigenvalue weighted by atomic mass is 16.2. The van der Waals surface area contributed by atoms with Crippen LogP contribution in [0, 0.1) is 0 Å². The van der Waals surface area contributed by atoms with E-state index in [4.69, 9.17) is 0 Å². The van der Waals surface area contributed by atoms with Gasteiger partial charge in [0.1, 0.15) is 5.82 Å². The molecule has 0 spiro atoms. The van der Waals surface area contributed by atoms with Crippen molar-refractivity contribution in [2.24, 2.45) is 0 Å². The van der Waals surface area contributed by atoms with E-state index in [0.717, 1.165) is 43.9 Å². The van der Waals surface area contributed by atoms with Crippen LogP contribution in [-0.4, -0.2) is 27.3 Å². The fourth-order valence-corrected chi connectivity index (χ4v) is 3.57. The minimum atomic E-state index is -0.142. The molecule has 1 atom stereocenters. The second-order valence-electron chi connectivity index (χ2n) is 6.92. The van der Waals surface area contributed by atoms with Gasteiger partial charge in [0.05, 0.1) is 6.04 Å². The minimum absolute atomic E-state index is 0.123. The summed E-state index contributed by atoms with van der Waals surface area (Å²) in [5.41, 5.74) is 1.44. The molecule has 1 aromatic carbocycles. The van der Waals surface area contributed by atoms with Crippen LogP contribution in [0.15, 0.2) is 30.3 Å². The standard InChI is InChI=1S/C18H23N5O/c1-13(16-22-21-15-8-5-11-23(15)16)20-17(24)19-12-18(9-10-18)14-6-3-2-4-7-14/h2-4,6-7,13H,5,8-12H2,1H3,(H2,19,20,24). The van der Waals surface area contributed by atoms with E-state index in [1.165, 1.54) is 5.56 Å². The fourth-order valence-electron chi connectivity index (χ4n) is 3.57. The van der Waals surface area contributed by atoms with Gasteiger partial charge in [-0.25, -0.2) is 4.79 Å². The zero-order chi connectivity index (χ0) is 16.6. The molecule has 4 rings (SSSR count). The van der Waals surface area contributed by atoms with Crippen LogP contribution < -0.4 is 10.6 Å². The summed E-state index contributed by atoms with van der Waals surface area (Å²) in [6, 6.07) is 10.2. The lowest BCUT2D eigenvalue weighted by Gasteiger charge is -2.19. The number of hydrogen-bond donors (Lipinski definition) is 2. The molecule has 126 valence electrons. The molecule has 1 unspecified atom stereocenters. The van der Waals surface area contributed by atoms with Crippen LogP contribution in [-0.2, 0) is 18.4 Å². The maximum atomic E-state index is 12.3. The summed E-state index contributed by atoms with van der Waals surface area (Å²) < 4.78 is 2.12. The molecule has 1 fully saturated rings. The van der Waals surface area contributed by atoms with Crippen molar-refractivity contribution in [3.63, 3.8) is 0 Å². The Hall–Kier alpha value is -2.37. The zero-order valence-corrected chi connectivity index (χ0v) is 14.0. The van der Waals surface area contributed by atoms with E-state index in [9.17, 15) is 4.79 Å². The first-order valence-electron chi connectivity index (χ1n) is 8.70. The average Bonchev–Trinajstić information content (AvgIpc) is 3.05. The van der Waals surface area contributed by atoms with Gasteiger partial charge in [0.2, 0.25) is 0 Å². The number of carbonyl (C=O) groups excluding carboxylic acids is 1. The van der Waals surface area contributed by atoms with E-state index in [-0.39, 0.29) is 17.5 Å². The molecule has 1 aliphatic carbocycles. The molecule has 1 saturated carbocycles. The lowest BCUT2D eigenvalue weighted by atomic mass is 9.96. The van der Waals surface area contributed by atoms with Crippen LogP contribution in [0.1, 0.15) is 49.4 Å². The number of aryl methyl sites for hydroxylation is 1. The van der Waals surface area contributed by atoms with Crippen LogP contribution in [0.5, 0.6) is 0 Å². The molecule has 24 heavy (non-hydrogen) atoms. The van der Waals surface area contributed by atoms with Crippen molar-refractivity contribution < 1.29 is 4.79 Å². The van der Waals surface area contributed by atoms with Gasteiger partial charge in [0.15, 0.2) is 5.82 Å². The Bertz CT molecular complexity index is 735. The van der Waals surface area contributed by atoms with Gasteiger partial charge in [-0.3, -0.25) is 0 Å². The first kappa shape index (κ1) is 15.2. The van der Waals surface area contributed by atoms with Crippen LogP contribution in [0.2, 0.25) is 0 Å². The minimum Gasteiger partial charge on any atom is -0.337 e. The zero-order valence-electron chi connectivity index (χ0n) is 14.0. The Labute approximate surface area is 141 Å². The summed E-state index contributed by atoms with van der Waals surface area (Å²) in [5.74, 6) is 1.88. The molecule has 6 heteroatoms. The largest absolute Gasteiger partial charge is 0.337 e. The first-order chi connectivity index (χ1) is 11.7. The molecule has 6 nitrogen and oxygen atoms in total. The SMILES string of the molecule is CC(NC(=O)NCC1(c2ccccc2)CC1)c1nnc2n1CCC2. The quantitative estimate of drug-likeness (QED) is 0.886. The molecule has 1 aliphatic heterocycles. The molecular formula is C18H23N5O. The summed E-state index contributed by atoms with van der Waals surface area (Å²) in [6.45, 7) is 3.58. The predicted octanol–water partition coefficient (Wildman–Crippen LogP) is 2.32. The smallest absolute Gasteiger partial charge is 0.315 e. The molecule has 2 N–H and O–H groups in total. The Morgan fingerprint density at radius 3 is 2.83 bits per heavy atom. The van der Waals surface area contributed by atoms with Crippen molar-refractivity contribution in [3.05, 3.63) is 47.5 Å². The number of hydrogen-bond acceptors (Lipinski definition) is 3. The van der Waals surface area contributed by atoms with Crippen molar-refractivity contribution >= 4 is 6.03 Å².